The Hall–Kier alpha value is -4.85. The van der Waals surface area contributed by atoms with Crippen molar-refractivity contribution in [2.45, 2.75) is 39.4 Å². The third kappa shape index (κ3) is 7.52. The van der Waals surface area contributed by atoms with E-state index in [1.54, 1.807) is 41.8 Å². The third-order valence-corrected chi connectivity index (χ3v) is 9.36. The summed E-state index contributed by atoms with van der Waals surface area (Å²) in [6, 6.07) is 17.1. The number of para-hydroxylation sites is 1. The van der Waals surface area contributed by atoms with Crippen molar-refractivity contribution < 1.29 is 43.2 Å². The summed E-state index contributed by atoms with van der Waals surface area (Å²) < 4.78 is 25.1. The molecule has 6 rings (SSSR count). The van der Waals surface area contributed by atoms with Crippen LogP contribution in [0.1, 0.15) is 62.8 Å². The molecule has 0 saturated heterocycles. The van der Waals surface area contributed by atoms with Crippen LogP contribution in [-0.4, -0.2) is 79.2 Å². The first-order valence-corrected chi connectivity index (χ1v) is 17.5. The van der Waals surface area contributed by atoms with Crippen molar-refractivity contribution in [1.82, 2.24) is 4.57 Å². The molecule has 0 fully saturated rings. The SMILES string of the molecule is CCOC1OC(C(=O)Nc2ccc(N3C(=O)c4ccc(Cl)cc4C3=O)c(C)c2)=CC(c2cn(C(C)=O)c3ccccc23)C1CCOCCOCCO. The predicted octanol–water partition coefficient (Wildman–Crippen LogP) is 6.09. The van der Waals surface area contributed by atoms with Crippen molar-refractivity contribution in [2.24, 2.45) is 5.92 Å². The average molecular weight is 730 g/mol. The topological polar surface area (TPSA) is 146 Å². The van der Waals surface area contributed by atoms with Gasteiger partial charge in [0.2, 0.25) is 12.2 Å². The number of hydrogen-bond acceptors (Lipinski definition) is 9. The van der Waals surface area contributed by atoms with Crippen molar-refractivity contribution >= 4 is 57.5 Å². The Balaban J connectivity index is 1.28. The number of aromatic nitrogens is 1. The number of rotatable bonds is 14. The van der Waals surface area contributed by atoms with Crippen LogP contribution >= 0.6 is 11.6 Å². The maximum Gasteiger partial charge on any atom is 0.290 e. The molecule has 13 heteroatoms. The lowest BCUT2D eigenvalue weighted by molar-refractivity contribution is -0.166. The second-order valence-electron chi connectivity index (χ2n) is 12.5. The Morgan fingerprint density at radius 2 is 1.71 bits per heavy atom. The number of benzene rings is 3. The number of anilines is 2. The van der Waals surface area contributed by atoms with E-state index in [2.05, 4.69) is 5.32 Å². The van der Waals surface area contributed by atoms with Gasteiger partial charge in [-0.25, -0.2) is 4.90 Å². The van der Waals surface area contributed by atoms with Crippen LogP contribution in [0.3, 0.4) is 0 Å². The molecular formula is C39H40ClN3O9. The summed E-state index contributed by atoms with van der Waals surface area (Å²) in [5.74, 6) is -2.26. The van der Waals surface area contributed by atoms with Gasteiger partial charge in [0.25, 0.3) is 17.7 Å². The molecule has 2 N–H and O–H groups in total. The molecule has 12 nitrogen and oxygen atoms in total. The quantitative estimate of drug-likeness (QED) is 0.116. The minimum atomic E-state index is -0.819. The normalized spacial score (nSPS) is 18.4. The zero-order chi connectivity index (χ0) is 36.9. The maximum absolute atomic E-state index is 13.9. The van der Waals surface area contributed by atoms with Crippen molar-refractivity contribution in [2.75, 3.05) is 49.9 Å². The van der Waals surface area contributed by atoms with Crippen LogP contribution < -0.4 is 10.2 Å². The molecule has 2 aliphatic rings. The number of aliphatic hydroxyl groups is 1. The number of allylic oxidation sites excluding steroid dienone is 1. The number of nitrogens with one attached hydrogen (secondary N) is 1. The largest absolute Gasteiger partial charge is 0.459 e. The predicted molar refractivity (Wildman–Crippen MR) is 195 cm³/mol. The highest BCUT2D eigenvalue weighted by Crippen LogP contribution is 2.42. The summed E-state index contributed by atoms with van der Waals surface area (Å²) in [6.07, 6.45) is 3.26. The molecule has 0 aliphatic carbocycles. The van der Waals surface area contributed by atoms with E-state index in [4.69, 9.17) is 35.7 Å². The molecule has 272 valence electrons. The fourth-order valence-electron chi connectivity index (χ4n) is 6.74. The Kier molecular flexibility index (Phi) is 11.5. The number of nitrogens with zero attached hydrogens (tertiary/aromatic N) is 2. The fourth-order valence-corrected chi connectivity index (χ4v) is 6.91. The van der Waals surface area contributed by atoms with Gasteiger partial charge in [0.1, 0.15) is 0 Å². The van der Waals surface area contributed by atoms with E-state index < -0.39 is 29.9 Å². The molecule has 2 aliphatic heterocycles. The minimum absolute atomic E-state index is 0.0386. The summed E-state index contributed by atoms with van der Waals surface area (Å²) in [6.45, 7) is 6.60. The van der Waals surface area contributed by atoms with Crippen molar-refractivity contribution in [3.05, 3.63) is 106 Å². The summed E-state index contributed by atoms with van der Waals surface area (Å²) in [7, 11) is 0. The van der Waals surface area contributed by atoms with E-state index in [9.17, 15) is 19.2 Å². The van der Waals surface area contributed by atoms with E-state index >= 15 is 0 Å². The molecule has 3 heterocycles. The molecule has 1 aromatic heterocycles. The van der Waals surface area contributed by atoms with Gasteiger partial charge in [-0.2, -0.15) is 0 Å². The third-order valence-electron chi connectivity index (χ3n) is 9.13. The van der Waals surface area contributed by atoms with E-state index in [-0.39, 0.29) is 41.9 Å². The zero-order valence-corrected chi connectivity index (χ0v) is 29.9. The maximum atomic E-state index is 13.9. The number of amides is 3. The summed E-state index contributed by atoms with van der Waals surface area (Å²) in [4.78, 5) is 54.0. The van der Waals surface area contributed by atoms with Crippen LogP contribution in [0.4, 0.5) is 11.4 Å². The Morgan fingerprint density at radius 3 is 2.44 bits per heavy atom. The van der Waals surface area contributed by atoms with Crippen LogP contribution in [0.25, 0.3) is 10.9 Å². The summed E-state index contributed by atoms with van der Waals surface area (Å²) in [5.41, 5.74) is 3.48. The molecule has 3 atom stereocenters. The van der Waals surface area contributed by atoms with Crippen LogP contribution in [-0.2, 0) is 23.7 Å². The number of hydrogen-bond donors (Lipinski definition) is 2. The Labute approximate surface area is 305 Å². The second kappa shape index (κ2) is 16.2. The first kappa shape index (κ1) is 36.9. The molecule has 0 radical (unpaired) electrons. The highest BCUT2D eigenvalue weighted by Gasteiger charge is 2.40. The standard InChI is InChI=1S/C39H40ClN3O9/c1-4-51-39-29(13-15-49-17-18-50-16-14-44)30(32-22-42(24(3)45)34-8-6-5-7-27(32)34)21-35(52-39)36(46)41-26-10-12-33(23(2)19-26)43-37(47)28-11-9-25(40)20-31(28)38(43)48/h5-12,19-22,29-30,39,44H,4,13-18H2,1-3H3,(H,41,46). The van der Waals surface area contributed by atoms with Gasteiger partial charge in [-0.1, -0.05) is 29.8 Å². The number of carbonyl (C=O) groups is 4. The average Bonchev–Trinajstić information content (AvgIpc) is 3.63. The van der Waals surface area contributed by atoms with Crippen LogP contribution in [0.15, 0.2) is 78.7 Å². The zero-order valence-electron chi connectivity index (χ0n) is 29.1. The number of imide groups is 1. The Bertz CT molecular complexity index is 2040. The van der Waals surface area contributed by atoms with Crippen LogP contribution in [0.5, 0.6) is 0 Å². The number of aryl methyl sites for hydroxylation is 1. The van der Waals surface area contributed by atoms with Gasteiger partial charge in [-0.15, -0.1) is 0 Å². The molecular weight excluding hydrogens is 690 g/mol. The van der Waals surface area contributed by atoms with E-state index in [1.165, 1.54) is 19.1 Å². The summed E-state index contributed by atoms with van der Waals surface area (Å²) >= 11 is 6.08. The number of halogens is 1. The second-order valence-corrected chi connectivity index (χ2v) is 12.9. The highest BCUT2D eigenvalue weighted by molar-refractivity contribution is 6.37. The smallest absolute Gasteiger partial charge is 0.290 e. The molecule has 0 bridgehead atoms. The van der Waals surface area contributed by atoms with E-state index in [0.717, 1.165) is 21.4 Å². The minimum Gasteiger partial charge on any atom is -0.459 e. The first-order valence-electron chi connectivity index (χ1n) is 17.1. The molecule has 0 spiro atoms. The van der Waals surface area contributed by atoms with Crippen LogP contribution in [0.2, 0.25) is 5.02 Å². The molecule has 3 aromatic carbocycles. The lowest BCUT2D eigenvalue weighted by Crippen LogP contribution is -2.38. The molecule has 4 aromatic rings. The Morgan fingerprint density at radius 1 is 0.962 bits per heavy atom. The van der Waals surface area contributed by atoms with Crippen molar-refractivity contribution in [3.63, 3.8) is 0 Å². The van der Waals surface area contributed by atoms with Crippen molar-refractivity contribution in [3.8, 4) is 0 Å². The van der Waals surface area contributed by atoms with Crippen molar-refractivity contribution in [1.29, 1.82) is 0 Å². The van der Waals surface area contributed by atoms with Gasteiger partial charge in [-0.3, -0.25) is 23.7 Å². The number of aliphatic hydroxyl groups excluding tert-OH is 1. The number of fused-ring (bicyclic) bond motifs is 2. The lowest BCUT2D eigenvalue weighted by atomic mass is 9.81. The van der Waals surface area contributed by atoms with E-state index in [0.29, 0.717) is 54.8 Å². The monoisotopic (exact) mass is 729 g/mol. The number of ether oxygens (including phenoxy) is 4. The molecule has 0 saturated carbocycles. The lowest BCUT2D eigenvalue weighted by Gasteiger charge is -2.36. The van der Waals surface area contributed by atoms with Gasteiger partial charge >= 0.3 is 0 Å². The van der Waals surface area contributed by atoms with Crippen LogP contribution in [0, 0.1) is 12.8 Å². The van der Waals surface area contributed by atoms with Gasteiger partial charge in [0.05, 0.1) is 48.8 Å². The van der Waals surface area contributed by atoms with Gasteiger partial charge in [0, 0.05) is 54.3 Å². The molecule has 3 unspecified atom stereocenters. The van der Waals surface area contributed by atoms with Gasteiger partial charge in [-0.05, 0) is 79.9 Å². The fraction of sp³-hybridized carbons (Fsp3) is 0.333. The number of carbonyl (C=O) groups excluding carboxylic acids is 4. The molecule has 3 amide bonds. The highest BCUT2D eigenvalue weighted by atomic mass is 35.5. The molecule has 52 heavy (non-hydrogen) atoms. The van der Waals surface area contributed by atoms with Gasteiger partial charge < -0.3 is 29.4 Å². The summed E-state index contributed by atoms with van der Waals surface area (Å²) in [5, 5.41) is 13.1. The van der Waals surface area contributed by atoms with E-state index in [1.807, 2.05) is 37.4 Å². The first-order chi connectivity index (χ1) is 25.1. The van der Waals surface area contributed by atoms with Gasteiger partial charge in [0.15, 0.2) is 5.76 Å².